The summed E-state index contributed by atoms with van der Waals surface area (Å²) in [5.41, 5.74) is 8.25. The van der Waals surface area contributed by atoms with Crippen LogP contribution in [0.15, 0.2) is 144 Å². The monoisotopic (exact) mass is 664 g/mol. The molecule has 1 atom stereocenters. The predicted octanol–water partition coefficient (Wildman–Crippen LogP) is 14.5. The van der Waals surface area contributed by atoms with Crippen LogP contribution in [0.25, 0.3) is 97.3 Å². The van der Waals surface area contributed by atoms with Crippen LogP contribution in [0.2, 0.25) is 0 Å². The fraction of sp³-hybridized carbons (Fsp3) is 0.0800. The van der Waals surface area contributed by atoms with Gasteiger partial charge in [-0.3, -0.25) is 0 Å². The van der Waals surface area contributed by atoms with Gasteiger partial charge in [-0.15, -0.1) is 11.8 Å². The Morgan fingerprint density at radius 2 is 0.922 bits per heavy atom. The average molecular weight is 665 g/mol. The van der Waals surface area contributed by atoms with Crippen LogP contribution in [0.4, 0.5) is 0 Å². The van der Waals surface area contributed by atoms with Crippen molar-refractivity contribution in [2.75, 3.05) is 0 Å². The molecular formula is C50H32S. The molecule has 1 heterocycles. The zero-order valence-electron chi connectivity index (χ0n) is 28.5. The summed E-state index contributed by atoms with van der Waals surface area (Å²) < 4.78 is 0. The Morgan fingerprint density at radius 3 is 1.69 bits per heavy atom. The van der Waals surface area contributed by atoms with Crippen molar-refractivity contribution in [2.24, 2.45) is 0 Å². The molecule has 11 aromatic carbocycles. The smallest absolute Gasteiger partial charge is 0.0391 e. The van der Waals surface area contributed by atoms with Crippen molar-refractivity contribution in [2.45, 2.75) is 30.4 Å². The summed E-state index contributed by atoms with van der Waals surface area (Å²) in [6.07, 6.45) is 1.09. The maximum Gasteiger partial charge on any atom is 0.0391 e. The van der Waals surface area contributed by atoms with Crippen LogP contribution in [-0.2, 0) is 6.42 Å². The van der Waals surface area contributed by atoms with E-state index >= 15 is 0 Å². The summed E-state index contributed by atoms with van der Waals surface area (Å²) in [5.74, 6) is 0. The molecule has 0 radical (unpaired) electrons. The van der Waals surface area contributed by atoms with Crippen molar-refractivity contribution in [3.63, 3.8) is 0 Å². The maximum absolute atomic E-state index is 2.54. The molecule has 0 aromatic heterocycles. The van der Waals surface area contributed by atoms with Gasteiger partial charge in [-0.2, -0.15) is 0 Å². The SMILES string of the molecule is Cc1cccc(C)c1-c1cc2c(cc3c4ccccc4c4cccc2c43)c2cc3c(cc12)c1cccc2c(C4Cc5ccccc5S4)ccc3c21. The highest BCUT2D eigenvalue weighted by Gasteiger charge is 2.27. The minimum absolute atomic E-state index is 0.433. The van der Waals surface area contributed by atoms with Gasteiger partial charge in [-0.25, -0.2) is 0 Å². The molecule has 0 aliphatic carbocycles. The topological polar surface area (TPSA) is 0 Å². The highest BCUT2D eigenvalue weighted by molar-refractivity contribution is 7.99. The van der Waals surface area contributed by atoms with Gasteiger partial charge in [0.1, 0.15) is 0 Å². The average Bonchev–Trinajstić information content (AvgIpc) is 3.83. The van der Waals surface area contributed by atoms with Crippen LogP contribution in [-0.4, -0.2) is 0 Å². The molecule has 1 aliphatic heterocycles. The van der Waals surface area contributed by atoms with Crippen LogP contribution < -0.4 is 0 Å². The summed E-state index contributed by atoms with van der Waals surface area (Å²) in [6.45, 7) is 4.54. The van der Waals surface area contributed by atoms with Gasteiger partial charge in [-0.1, -0.05) is 109 Å². The van der Waals surface area contributed by atoms with E-state index in [1.807, 2.05) is 11.8 Å². The van der Waals surface area contributed by atoms with Crippen molar-refractivity contribution in [1.82, 2.24) is 0 Å². The fourth-order valence-electron chi connectivity index (χ4n) is 9.95. The maximum atomic E-state index is 2.54. The van der Waals surface area contributed by atoms with Gasteiger partial charge in [0, 0.05) is 10.1 Å². The van der Waals surface area contributed by atoms with Crippen molar-refractivity contribution < 1.29 is 0 Å². The first-order chi connectivity index (χ1) is 25.1. The summed E-state index contributed by atoms with van der Waals surface area (Å²) >= 11 is 2.03. The summed E-state index contributed by atoms with van der Waals surface area (Å²) in [7, 11) is 0. The lowest BCUT2D eigenvalue weighted by Gasteiger charge is -2.17. The second-order valence-corrected chi connectivity index (χ2v) is 16.0. The molecule has 1 heteroatoms. The van der Waals surface area contributed by atoms with Gasteiger partial charge >= 0.3 is 0 Å². The number of benzene rings is 9. The zero-order valence-corrected chi connectivity index (χ0v) is 29.3. The van der Waals surface area contributed by atoms with E-state index in [0.29, 0.717) is 5.25 Å². The number of thioether (sulfide) groups is 1. The summed E-state index contributed by atoms with van der Waals surface area (Å²) in [5, 5.41) is 22.2. The van der Waals surface area contributed by atoms with E-state index in [9.17, 15) is 0 Å². The number of fused-ring (bicyclic) bond motifs is 11. The second-order valence-electron chi connectivity index (χ2n) is 14.8. The van der Waals surface area contributed by atoms with Crippen LogP contribution in [0.3, 0.4) is 0 Å². The molecule has 51 heavy (non-hydrogen) atoms. The first-order valence-electron chi connectivity index (χ1n) is 18.1. The first-order valence-corrected chi connectivity index (χ1v) is 19.0. The van der Waals surface area contributed by atoms with E-state index in [4.69, 9.17) is 0 Å². The third kappa shape index (κ3) is 3.67. The Labute approximate surface area is 300 Å². The minimum Gasteiger partial charge on any atom is -0.117 e. The lowest BCUT2D eigenvalue weighted by molar-refractivity contribution is 0.959. The van der Waals surface area contributed by atoms with Gasteiger partial charge in [-0.05, 0) is 170 Å². The van der Waals surface area contributed by atoms with Crippen molar-refractivity contribution in [3.8, 4) is 11.1 Å². The molecule has 0 fully saturated rings. The number of aryl methyl sites for hydroxylation is 2. The third-order valence-corrected chi connectivity index (χ3v) is 13.5. The molecule has 0 spiro atoms. The molecule has 11 aromatic rings. The molecule has 0 saturated heterocycles. The van der Waals surface area contributed by atoms with E-state index in [0.717, 1.165) is 6.42 Å². The number of hydrogen-bond donors (Lipinski definition) is 0. The lowest BCUT2D eigenvalue weighted by Crippen LogP contribution is -1.94. The van der Waals surface area contributed by atoms with Gasteiger partial charge in [0.2, 0.25) is 0 Å². The highest BCUT2D eigenvalue weighted by Crippen LogP contribution is 2.52. The first kappa shape index (κ1) is 28.1. The Morgan fingerprint density at radius 1 is 0.412 bits per heavy atom. The van der Waals surface area contributed by atoms with Crippen LogP contribution in [0.1, 0.15) is 27.5 Å². The Bertz CT molecular complexity index is 3230. The zero-order chi connectivity index (χ0) is 33.5. The van der Waals surface area contributed by atoms with E-state index in [1.165, 1.54) is 124 Å². The Hall–Kier alpha value is -5.63. The molecule has 1 unspecified atom stereocenters. The molecule has 0 nitrogen and oxygen atoms in total. The third-order valence-electron chi connectivity index (χ3n) is 12.1. The van der Waals surface area contributed by atoms with E-state index < -0.39 is 0 Å². The van der Waals surface area contributed by atoms with Crippen molar-refractivity contribution in [1.29, 1.82) is 0 Å². The van der Waals surface area contributed by atoms with Gasteiger partial charge in [0.05, 0.1) is 0 Å². The molecule has 0 saturated carbocycles. The number of rotatable bonds is 2. The molecule has 1 aliphatic rings. The normalized spacial score (nSPS) is 14.9. The Balaban J connectivity index is 1.23. The van der Waals surface area contributed by atoms with Gasteiger partial charge in [0.15, 0.2) is 0 Å². The van der Waals surface area contributed by atoms with E-state index in [1.54, 1.807) is 0 Å². The summed E-state index contributed by atoms with van der Waals surface area (Å²) in [4.78, 5) is 1.43. The second kappa shape index (κ2) is 10.00. The highest BCUT2D eigenvalue weighted by atomic mass is 32.2. The quantitative estimate of drug-likeness (QED) is 0.166. The molecule has 12 rings (SSSR count). The molecular weight excluding hydrogens is 633 g/mol. The van der Waals surface area contributed by atoms with Gasteiger partial charge in [0.25, 0.3) is 0 Å². The van der Waals surface area contributed by atoms with Crippen LogP contribution >= 0.6 is 11.8 Å². The molecule has 0 bridgehead atoms. The standard InChI is InChI=1S/C50H32S/c1-27-10-7-11-28(2)48(27)45-25-40-36-18-8-15-33-30-13-4-5-14-31(30)44(50(33)36)26-42(40)41-23-39-37-21-20-32(47-22-29-12-3-6-19-46(29)51-47)34-16-9-17-35(49(34)37)38(39)24-43(41)45/h3-21,23-26,47H,22H2,1-2H3. The van der Waals surface area contributed by atoms with Crippen molar-refractivity contribution in [3.05, 3.63) is 162 Å². The van der Waals surface area contributed by atoms with Crippen molar-refractivity contribution >= 4 is 97.9 Å². The minimum atomic E-state index is 0.433. The predicted molar refractivity (Wildman–Crippen MR) is 223 cm³/mol. The van der Waals surface area contributed by atoms with Crippen LogP contribution in [0.5, 0.6) is 0 Å². The largest absolute Gasteiger partial charge is 0.117 e. The molecule has 0 N–H and O–H groups in total. The van der Waals surface area contributed by atoms with E-state index in [2.05, 4.69) is 153 Å². The van der Waals surface area contributed by atoms with Gasteiger partial charge < -0.3 is 0 Å². The fourth-order valence-corrected chi connectivity index (χ4v) is 11.3. The van der Waals surface area contributed by atoms with Crippen LogP contribution in [0, 0.1) is 13.8 Å². The molecule has 0 amide bonds. The number of hydrogen-bond acceptors (Lipinski definition) is 1. The molecule has 238 valence electrons. The Kier molecular flexibility index (Phi) is 5.51. The summed E-state index contributed by atoms with van der Waals surface area (Å²) in [6, 6.07) is 53.5. The lowest BCUT2D eigenvalue weighted by atomic mass is 9.86. The van der Waals surface area contributed by atoms with E-state index in [-0.39, 0.29) is 0 Å².